The van der Waals surface area contributed by atoms with E-state index in [2.05, 4.69) is 39.3 Å². The smallest absolute Gasteiger partial charge is 0.327 e. The average molecular weight is 451 g/mol. The minimum atomic E-state index is -0.281. The first-order valence-electron chi connectivity index (χ1n) is 12.0. The highest BCUT2D eigenvalue weighted by Crippen LogP contribution is 2.36. The molecular formula is C25H34N6O2. The number of hydrogen-bond donors (Lipinski definition) is 2. The van der Waals surface area contributed by atoms with Crippen molar-refractivity contribution in [3.63, 3.8) is 0 Å². The van der Waals surface area contributed by atoms with E-state index in [9.17, 15) is 9.59 Å². The van der Waals surface area contributed by atoms with Gasteiger partial charge in [0, 0.05) is 31.9 Å². The Kier molecular flexibility index (Phi) is 7.57. The number of urea groups is 1. The maximum Gasteiger partial charge on any atom is 0.327 e. The van der Waals surface area contributed by atoms with Crippen LogP contribution in [0.4, 0.5) is 22.0 Å². The molecule has 2 N–H and O–H groups in total. The number of pyridine rings is 1. The van der Waals surface area contributed by atoms with Crippen LogP contribution in [-0.4, -0.2) is 72.0 Å². The van der Waals surface area contributed by atoms with Gasteiger partial charge in [-0.15, -0.1) is 0 Å². The third-order valence-electron chi connectivity index (χ3n) is 6.63. The van der Waals surface area contributed by atoms with Gasteiger partial charge in [-0.3, -0.25) is 9.69 Å². The molecule has 1 fully saturated rings. The van der Waals surface area contributed by atoms with Crippen molar-refractivity contribution in [1.29, 1.82) is 0 Å². The maximum atomic E-state index is 13.4. The fraction of sp³-hybridized carbons (Fsp3) is 0.480. The normalized spacial score (nSPS) is 18.3. The molecule has 1 aromatic carbocycles. The van der Waals surface area contributed by atoms with Gasteiger partial charge < -0.3 is 15.5 Å². The summed E-state index contributed by atoms with van der Waals surface area (Å²) < 4.78 is 0. The standard InChI is InChI=1S/C25H34N6O2/c1-3-29(4-2)18-19-10-7-8-16-30(19)17-15-27-25(33)31-22-13-6-5-12-21(22)28-24(32)20-11-9-14-26-23(20)31/h5-6,9,11-14,19H,3-4,7-8,10,15-18H2,1-2H3,(H,27,33)(H,28,32). The van der Waals surface area contributed by atoms with Crippen LogP contribution in [0.3, 0.4) is 0 Å². The minimum absolute atomic E-state index is 0.270. The molecule has 0 bridgehead atoms. The summed E-state index contributed by atoms with van der Waals surface area (Å²) in [5.41, 5.74) is 1.57. The lowest BCUT2D eigenvalue weighted by atomic mass is 10.0. The van der Waals surface area contributed by atoms with Crippen molar-refractivity contribution in [1.82, 2.24) is 20.1 Å². The lowest BCUT2D eigenvalue weighted by Gasteiger charge is -2.38. The summed E-state index contributed by atoms with van der Waals surface area (Å²) in [6, 6.07) is 11.0. The molecule has 1 aromatic heterocycles. The molecule has 0 radical (unpaired) electrons. The summed E-state index contributed by atoms with van der Waals surface area (Å²) in [5, 5.41) is 5.97. The van der Waals surface area contributed by atoms with E-state index >= 15 is 0 Å². The fourth-order valence-electron chi connectivity index (χ4n) is 4.76. The Balaban J connectivity index is 1.47. The molecule has 0 saturated carbocycles. The van der Waals surface area contributed by atoms with Crippen molar-refractivity contribution in [2.75, 3.05) is 49.5 Å². The zero-order valence-corrected chi connectivity index (χ0v) is 19.6. The number of carbonyl (C=O) groups is 2. The number of hydrogen-bond acceptors (Lipinski definition) is 5. The average Bonchev–Trinajstić information content (AvgIpc) is 2.97. The summed E-state index contributed by atoms with van der Waals surface area (Å²) in [7, 11) is 0. The predicted molar refractivity (Wildman–Crippen MR) is 131 cm³/mol. The van der Waals surface area contributed by atoms with Crippen molar-refractivity contribution < 1.29 is 9.59 Å². The molecule has 2 aromatic rings. The Labute approximate surface area is 196 Å². The molecule has 4 rings (SSSR count). The van der Waals surface area contributed by atoms with Gasteiger partial charge in [-0.25, -0.2) is 14.7 Å². The third kappa shape index (κ3) is 5.17. The van der Waals surface area contributed by atoms with Gasteiger partial charge in [0.1, 0.15) is 0 Å². The van der Waals surface area contributed by atoms with Crippen LogP contribution in [0, 0.1) is 0 Å². The summed E-state index contributed by atoms with van der Waals surface area (Å²) in [6.07, 6.45) is 5.27. The molecule has 1 unspecified atom stereocenters. The van der Waals surface area contributed by atoms with Gasteiger partial charge >= 0.3 is 6.03 Å². The molecule has 1 atom stereocenters. The van der Waals surface area contributed by atoms with Gasteiger partial charge in [-0.05, 0) is 56.7 Å². The predicted octanol–water partition coefficient (Wildman–Crippen LogP) is 3.69. The first kappa shape index (κ1) is 23.2. The van der Waals surface area contributed by atoms with Crippen molar-refractivity contribution in [3.8, 4) is 0 Å². The number of anilines is 3. The van der Waals surface area contributed by atoms with E-state index in [-0.39, 0.29) is 11.9 Å². The Hall–Kier alpha value is -2.97. The van der Waals surface area contributed by atoms with E-state index in [4.69, 9.17) is 0 Å². The second-order valence-corrected chi connectivity index (χ2v) is 8.58. The third-order valence-corrected chi connectivity index (χ3v) is 6.63. The number of rotatable bonds is 7. The second kappa shape index (κ2) is 10.8. The van der Waals surface area contributed by atoms with Crippen LogP contribution in [-0.2, 0) is 0 Å². The van der Waals surface area contributed by atoms with E-state index in [0.29, 0.717) is 35.3 Å². The Morgan fingerprint density at radius 2 is 2.00 bits per heavy atom. The van der Waals surface area contributed by atoms with Gasteiger partial charge in [0.15, 0.2) is 5.82 Å². The highest BCUT2D eigenvalue weighted by Gasteiger charge is 2.30. The van der Waals surface area contributed by atoms with Crippen molar-refractivity contribution in [2.45, 2.75) is 39.2 Å². The van der Waals surface area contributed by atoms with Crippen LogP contribution >= 0.6 is 0 Å². The molecule has 8 nitrogen and oxygen atoms in total. The van der Waals surface area contributed by atoms with Crippen LogP contribution in [0.25, 0.3) is 0 Å². The first-order valence-corrected chi connectivity index (χ1v) is 12.0. The maximum absolute atomic E-state index is 13.4. The number of likely N-dealkylation sites (tertiary alicyclic amines) is 1. The molecule has 2 aliphatic rings. The van der Waals surface area contributed by atoms with Crippen LogP contribution in [0.5, 0.6) is 0 Å². The largest absolute Gasteiger partial charge is 0.336 e. The van der Waals surface area contributed by atoms with Crippen LogP contribution in [0.2, 0.25) is 0 Å². The molecule has 3 heterocycles. The molecule has 33 heavy (non-hydrogen) atoms. The van der Waals surface area contributed by atoms with Gasteiger partial charge in [0.25, 0.3) is 5.91 Å². The number of fused-ring (bicyclic) bond motifs is 2. The molecule has 0 spiro atoms. The number of amides is 3. The number of likely N-dealkylation sites (N-methyl/N-ethyl adjacent to an activating group) is 1. The molecule has 3 amide bonds. The quantitative estimate of drug-likeness (QED) is 0.672. The van der Waals surface area contributed by atoms with Gasteiger partial charge in [0.2, 0.25) is 0 Å². The number of nitrogens with one attached hydrogen (secondary N) is 2. The topological polar surface area (TPSA) is 80.8 Å². The molecular weight excluding hydrogens is 416 g/mol. The molecule has 1 saturated heterocycles. The number of piperidine rings is 1. The number of nitrogens with zero attached hydrogens (tertiary/aromatic N) is 4. The lowest BCUT2D eigenvalue weighted by Crippen LogP contribution is -2.50. The minimum Gasteiger partial charge on any atom is -0.336 e. The summed E-state index contributed by atoms with van der Waals surface area (Å²) in [5.74, 6) is 0.0724. The van der Waals surface area contributed by atoms with Gasteiger partial charge in [0.05, 0.1) is 16.9 Å². The van der Waals surface area contributed by atoms with E-state index < -0.39 is 0 Å². The number of benzene rings is 1. The van der Waals surface area contributed by atoms with Crippen molar-refractivity contribution in [3.05, 3.63) is 48.2 Å². The van der Waals surface area contributed by atoms with E-state index in [1.165, 1.54) is 24.2 Å². The SMILES string of the molecule is CCN(CC)CC1CCCCN1CCNC(=O)N1c2ccccc2NC(=O)c2cccnc21. The molecule has 8 heteroatoms. The summed E-state index contributed by atoms with van der Waals surface area (Å²) >= 11 is 0. The van der Waals surface area contributed by atoms with E-state index in [1.54, 1.807) is 24.4 Å². The van der Waals surface area contributed by atoms with Gasteiger partial charge in [-0.1, -0.05) is 32.4 Å². The summed E-state index contributed by atoms with van der Waals surface area (Å²) in [4.78, 5) is 37.0. The highest BCUT2D eigenvalue weighted by atomic mass is 16.2. The number of aromatic nitrogens is 1. The van der Waals surface area contributed by atoms with Gasteiger partial charge in [-0.2, -0.15) is 0 Å². The molecule has 2 aliphatic heterocycles. The van der Waals surface area contributed by atoms with Crippen molar-refractivity contribution >= 4 is 29.1 Å². The van der Waals surface area contributed by atoms with Crippen LogP contribution in [0.1, 0.15) is 43.5 Å². The zero-order valence-electron chi connectivity index (χ0n) is 19.6. The second-order valence-electron chi connectivity index (χ2n) is 8.58. The molecule has 0 aliphatic carbocycles. The number of para-hydroxylation sites is 2. The Morgan fingerprint density at radius 3 is 2.82 bits per heavy atom. The highest BCUT2D eigenvalue weighted by molar-refractivity contribution is 6.16. The zero-order chi connectivity index (χ0) is 23.2. The Bertz CT molecular complexity index is 977. The fourth-order valence-corrected chi connectivity index (χ4v) is 4.76. The van der Waals surface area contributed by atoms with E-state index in [1.807, 2.05) is 18.2 Å². The number of carbonyl (C=O) groups excluding carboxylic acids is 2. The monoisotopic (exact) mass is 450 g/mol. The summed E-state index contributed by atoms with van der Waals surface area (Å²) in [6.45, 7) is 10.0. The van der Waals surface area contributed by atoms with Crippen LogP contribution < -0.4 is 15.5 Å². The Morgan fingerprint density at radius 1 is 1.18 bits per heavy atom. The van der Waals surface area contributed by atoms with Crippen LogP contribution in [0.15, 0.2) is 42.6 Å². The van der Waals surface area contributed by atoms with Crippen molar-refractivity contribution in [2.24, 2.45) is 0 Å². The molecule has 176 valence electrons. The lowest BCUT2D eigenvalue weighted by molar-refractivity contribution is 0.102. The van der Waals surface area contributed by atoms with E-state index in [0.717, 1.165) is 32.7 Å². The first-order chi connectivity index (χ1) is 16.1.